The number of benzene rings is 1. The van der Waals surface area contributed by atoms with Crippen LogP contribution in [-0.4, -0.2) is 61.4 Å². The second-order valence-corrected chi connectivity index (χ2v) is 7.21. The van der Waals surface area contributed by atoms with Crippen molar-refractivity contribution in [3.8, 4) is 0 Å². The number of amides is 2. The molecule has 2 N–H and O–H groups in total. The van der Waals surface area contributed by atoms with Gasteiger partial charge < -0.3 is 25.0 Å². The maximum Gasteiger partial charge on any atom is 0.317 e. The van der Waals surface area contributed by atoms with E-state index in [1.165, 1.54) is 0 Å². The molecular weight excluding hydrogens is 334 g/mol. The molecule has 0 radical (unpaired) electrons. The summed E-state index contributed by atoms with van der Waals surface area (Å²) in [4.78, 5) is 27.6. The first-order valence-electron chi connectivity index (χ1n) is 9.20. The number of nitrogens with one attached hydrogen (secondary N) is 1. The standard InChI is InChI=1S/C19H27N3O4/c1-14-9-16(18(23)24)13-22(12-14)19(25)20-11-15-3-2-4-17(10-15)21-5-7-26-8-6-21/h2-4,10,14,16H,5-9,11-13H2,1H3,(H,20,25)(H,23,24). The molecule has 26 heavy (non-hydrogen) atoms. The van der Waals surface area contributed by atoms with E-state index in [0.717, 1.165) is 37.6 Å². The zero-order chi connectivity index (χ0) is 18.5. The third-order valence-corrected chi connectivity index (χ3v) is 5.03. The number of aliphatic carboxylic acids is 1. The number of urea groups is 1. The zero-order valence-corrected chi connectivity index (χ0v) is 15.2. The fourth-order valence-electron chi connectivity index (χ4n) is 3.67. The van der Waals surface area contributed by atoms with Crippen LogP contribution in [0.15, 0.2) is 24.3 Å². The molecule has 2 aliphatic rings. The molecule has 0 spiro atoms. The van der Waals surface area contributed by atoms with Crippen molar-refractivity contribution in [1.82, 2.24) is 10.2 Å². The Morgan fingerprint density at radius 3 is 2.77 bits per heavy atom. The molecule has 0 bridgehead atoms. The summed E-state index contributed by atoms with van der Waals surface area (Å²) in [6, 6.07) is 7.95. The maximum absolute atomic E-state index is 12.5. The van der Waals surface area contributed by atoms with Crippen molar-refractivity contribution in [2.24, 2.45) is 11.8 Å². The highest BCUT2D eigenvalue weighted by atomic mass is 16.5. The molecule has 2 unspecified atom stereocenters. The third-order valence-electron chi connectivity index (χ3n) is 5.03. The molecule has 0 aromatic heterocycles. The van der Waals surface area contributed by atoms with Crippen LogP contribution in [0.5, 0.6) is 0 Å². The number of anilines is 1. The summed E-state index contributed by atoms with van der Waals surface area (Å²) in [6.45, 7) is 6.51. The quantitative estimate of drug-likeness (QED) is 0.854. The van der Waals surface area contributed by atoms with Crippen LogP contribution in [0.1, 0.15) is 18.9 Å². The summed E-state index contributed by atoms with van der Waals surface area (Å²) in [5, 5.41) is 12.2. The van der Waals surface area contributed by atoms with Crippen LogP contribution in [0, 0.1) is 11.8 Å². The van der Waals surface area contributed by atoms with Gasteiger partial charge in [0, 0.05) is 38.4 Å². The topological polar surface area (TPSA) is 82.1 Å². The van der Waals surface area contributed by atoms with Crippen molar-refractivity contribution in [2.75, 3.05) is 44.3 Å². The Kier molecular flexibility index (Phi) is 5.98. The van der Waals surface area contributed by atoms with Gasteiger partial charge in [-0.05, 0) is 30.0 Å². The molecule has 0 aliphatic carbocycles. The first-order chi connectivity index (χ1) is 12.5. The van der Waals surface area contributed by atoms with Gasteiger partial charge in [0.1, 0.15) is 0 Å². The van der Waals surface area contributed by atoms with Crippen molar-refractivity contribution in [3.05, 3.63) is 29.8 Å². The van der Waals surface area contributed by atoms with Gasteiger partial charge in [0.05, 0.1) is 19.1 Å². The van der Waals surface area contributed by atoms with Crippen LogP contribution in [-0.2, 0) is 16.1 Å². The van der Waals surface area contributed by atoms with Gasteiger partial charge in [0.25, 0.3) is 0 Å². The minimum Gasteiger partial charge on any atom is -0.481 e. The fourth-order valence-corrected chi connectivity index (χ4v) is 3.67. The van der Waals surface area contributed by atoms with Gasteiger partial charge >= 0.3 is 12.0 Å². The van der Waals surface area contributed by atoms with Crippen LogP contribution < -0.4 is 10.2 Å². The zero-order valence-electron chi connectivity index (χ0n) is 15.2. The second kappa shape index (κ2) is 8.40. The Labute approximate surface area is 153 Å². The van der Waals surface area contributed by atoms with Crippen molar-refractivity contribution in [3.63, 3.8) is 0 Å². The monoisotopic (exact) mass is 361 g/mol. The lowest BCUT2D eigenvalue weighted by atomic mass is 9.91. The number of ether oxygens (including phenoxy) is 1. The Morgan fingerprint density at radius 2 is 2.04 bits per heavy atom. The van der Waals surface area contributed by atoms with E-state index < -0.39 is 11.9 Å². The van der Waals surface area contributed by atoms with Crippen molar-refractivity contribution in [1.29, 1.82) is 0 Å². The Balaban J connectivity index is 1.56. The van der Waals surface area contributed by atoms with E-state index in [2.05, 4.69) is 22.3 Å². The van der Waals surface area contributed by atoms with Crippen LogP contribution in [0.2, 0.25) is 0 Å². The Bertz CT molecular complexity index is 645. The van der Waals surface area contributed by atoms with Gasteiger partial charge in [-0.25, -0.2) is 4.79 Å². The van der Waals surface area contributed by atoms with Gasteiger partial charge in [-0.15, -0.1) is 0 Å². The van der Waals surface area contributed by atoms with E-state index in [4.69, 9.17) is 4.74 Å². The third kappa shape index (κ3) is 4.66. The number of carboxylic acid groups (broad SMARTS) is 1. The number of hydrogen-bond acceptors (Lipinski definition) is 4. The number of carboxylic acids is 1. The predicted molar refractivity (Wildman–Crippen MR) is 98.2 cm³/mol. The Morgan fingerprint density at radius 1 is 1.27 bits per heavy atom. The second-order valence-electron chi connectivity index (χ2n) is 7.21. The van der Waals surface area contributed by atoms with E-state index in [9.17, 15) is 14.7 Å². The number of morpholine rings is 1. The number of carbonyl (C=O) groups excluding carboxylic acids is 1. The minimum absolute atomic E-state index is 0.195. The van der Waals surface area contributed by atoms with Gasteiger partial charge in [-0.2, -0.15) is 0 Å². The number of likely N-dealkylation sites (tertiary alicyclic amines) is 1. The highest BCUT2D eigenvalue weighted by Gasteiger charge is 2.31. The van der Waals surface area contributed by atoms with E-state index in [1.807, 2.05) is 19.1 Å². The highest BCUT2D eigenvalue weighted by Crippen LogP contribution is 2.22. The average molecular weight is 361 g/mol. The summed E-state index contributed by atoms with van der Waals surface area (Å²) in [5.41, 5.74) is 2.17. The molecule has 0 saturated carbocycles. The van der Waals surface area contributed by atoms with Crippen LogP contribution >= 0.6 is 0 Å². The summed E-state index contributed by atoms with van der Waals surface area (Å²) < 4.78 is 5.39. The van der Waals surface area contributed by atoms with Gasteiger partial charge in [-0.1, -0.05) is 19.1 Å². The molecule has 1 aromatic rings. The van der Waals surface area contributed by atoms with E-state index >= 15 is 0 Å². The van der Waals surface area contributed by atoms with Crippen molar-refractivity contribution in [2.45, 2.75) is 19.9 Å². The maximum atomic E-state index is 12.5. The lowest BCUT2D eigenvalue weighted by molar-refractivity contribution is -0.143. The molecule has 2 atom stereocenters. The lowest BCUT2D eigenvalue weighted by Crippen LogP contribution is -2.49. The lowest BCUT2D eigenvalue weighted by Gasteiger charge is -2.34. The Hall–Kier alpha value is -2.28. The first-order valence-corrected chi connectivity index (χ1v) is 9.20. The predicted octanol–water partition coefficient (Wildman–Crippen LogP) is 1.78. The molecule has 2 amide bonds. The van der Waals surface area contributed by atoms with Crippen molar-refractivity contribution < 1.29 is 19.4 Å². The van der Waals surface area contributed by atoms with E-state index in [0.29, 0.717) is 19.5 Å². The average Bonchev–Trinajstić information content (AvgIpc) is 2.66. The number of carbonyl (C=O) groups is 2. The van der Waals surface area contributed by atoms with Gasteiger partial charge in [0.2, 0.25) is 0 Å². The molecule has 2 aliphatic heterocycles. The number of rotatable bonds is 4. The first kappa shape index (κ1) is 18.5. The molecule has 3 rings (SSSR count). The van der Waals surface area contributed by atoms with E-state index in [-0.39, 0.29) is 18.5 Å². The number of piperidine rings is 1. The summed E-state index contributed by atoms with van der Waals surface area (Å²) >= 11 is 0. The highest BCUT2D eigenvalue weighted by molar-refractivity contribution is 5.76. The van der Waals surface area contributed by atoms with Gasteiger partial charge in [-0.3, -0.25) is 4.79 Å². The summed E-state index contributed by atoms with van der Waals surface area (Å²) in [7, 11) is 0. The molecule has 2 fully saturated rings. The molecule has 142 valence electrons. The molecule has 7 heteroatoms. The molecule has 1 aromatic carbocycles. The minimum atomic E-state index is -0.826. The normalized spacial score (nSPS) is 23.6. The SMILES string of the molecule is CC1CC(C(=O)O)CN(C(=O)NCc2cccc(N3CCOCC3)c2)C1. The largest absolute Gasteiger partial charge is 0.481 e. The van der Waals surface area contributed by atoms with Crippen LogP contribution in [0.4, 0.5) is 10.5 Å². The van der Waals surface area contributed by atoms with Crippen molar-refractivity contribution >= 4 is 17.7 Å². The van der Waals surface area contributed by atoms with Gasteiger partial charge in [0.15, 0.2) is 0 Å². The summed E-state index contributed by atoms with van der Waals surface area (Å²) in [5.74, 6) is -1.11. The van der Waals surface area contributed by atoms with E-state index in [1.54, 1.807) is 4.90 Å². The molecular formula is C19H27N3O4. The molecule has 2 saturated heterocycles. The molecule has 7 nitrogen and oxygen atoms in total. The number of nitrogens with zero attached hydrogens (tertiary/aromatic N) is 2. The van der Waals surface area contributed by atoms with Crippen LogP contribution in [0.25, 0.3) is 0 Å². The molecule has 2 heterocycles. The summed E-state index contributed by atoms with van der Waals surface area (Å²) in [6.07, 6.45) is 0.626. The number of hydrogen-bond donors (Lipinski definition) is 2. The van der Waals surface area contributed by atoms with Crippen LogP contribution in [0.3, 0.4) is 0 Å². The fraction of sp³-hybridized carbons (Fsp3) is 0.579. The smallest absolute Gasteiger partial charge is 0.317 e.